The number of fused-ring (bicyclic) bond motifs is 1. The first-order chi connectivity index (χ1) is 20.4. The van der Waals surface area contributed by atoms with Gasteiger partial charge in [0, 0.05) is 53.7 Å². The lowest BCUT2D eigenvalue weighted by Gasteiger charge is -2.45. The maximum Gasteiger partial charge on any atom is 0.262 e. The number of piperazine rings is 1. The number of carbonyl (C=O) groups is 1. The summed E-state index contributed by atoms with van der Waals surface area (Å²) in [5, 5.41) is 1.59. The highest BCUT2D eigenvalue weighted by molar-refractivity contribution is 5.98. The average molecular weight is 553 g/mol. The summed E-state index contributed by atoms with van der Waals surface area (Å²) in [4.78, 5) is 34.7. The number of aromatic nitrogens is 1. The van der Waals surface area contributed by atoms with Crippen molar-refractivity contribution in [3.05, 3.63) is 136 Å². The minimum Gasteiger partial charge on any atom is -0.367 e. The van der Waals surface area contributed by atoms with Crippen molar-refractivity contribution in [3.8, 4) is 16.8 Å². The monoisotopic (exact) mass is 552 g/mol. The number of nitrogens with zero attached hydrogens (tertiary/aromatic N) is 4. The molecule has 5 aromatic rings. The van der Waals surface area contributed by atoms with Gasteiger partial charge in [0.05, 0.1) is 6.57 Å². The molecule has 6 nitrogen and oxygen atoms in total. The van der Waals surface area contributed by atoms with Crippen molar-refractivity contribution in [1.29, 1.82) is 0 Å². The summed E-state index contributed by atoms with van der Waals surface area (Å²) >= 11 is 0. The smallest absolute Gasteiger partial charge is 0.262 e. The fraction of sp³-hybridized carbons (Fsp3) is 0.194. The van der Waals surface area contributed by atoms with Crippen molar-refractivity contribution in [2.45, 2.75) is 32.9 Å². The van der Waals surface area contributed by atoms with E-state index in [1.54, 1.807) is 4.57 Å². The summed E-state index contributed by atoms with van der Waals surface area (Å²) < 4.78 is 1.72. The lowest BCUT2D eigenvalue weighted by atomic mass is 9.96. The van der Waals surface area contributed by atoms with E-state index < -0.39 is 0 Å². The summed E-state index contributed by atoms with van der Waals surface area (Å²) in [6, 6.07) is 31.0. The molecule has 0 spiro atoms. The van der Waals surface area contributed by atoms with Crippen molar-refractivity contribution < 1.29 is 4.79 Å². The third-order valence-electron chi connectivity index (χ3n) is 8.21. The van der Waals surface area contributed by atoms with Gasteiger partial charge < -0.3 is 9.80 Å². The fourth-order valence-corrected chi connectivity index (χ4v) is 6.24. The number of pyridine rings is 1. The Balaban J connectivity index is 1.27. The summed E-state index contributed by atoms with van der Waals surface area (Å²) in [5.41, 5.74) is 6.07. The van der Waals surface area contributed by atoms with Crippen LogP contribution >= 0.6 is 0 Å². The number of rotatable bonds is 4. The van der Waals surface area contributed by atoms with Crippen LogP contribution in [0.3, 0.4) is 0 Å². The molecule has 0 unspecified atom stereocenters. The van der Waals surface area contributed by atoms with E-state index in [1.807, 2.05) is 103 Å². The molecule has 208 valence electrons. The Hall–Kier alpha value is -5.15. The Kier molecular flexibility index (Phi) is 7.10. The van der Waals surface area contributed by atoms with E-state index in [0.29, 0.717) is 11.1 Å². The highest BCUT2D eigenvalue weighted by Crippen LogP contribution is 2.32. The zero-order valence-corrected chi connectivity index (χ0v) is 24.0. The standard InChI is InChI=1S/C36H32N4O2/c1-24-21-39(36(42)33-12-8-11-32(34(24)33)27-13-15-29(37-4)16-14-27)31-19-17-30(18-20-31)38-22-25(2)40(26(3)23-38)35(41)28-9-6-5-7-10-28/h5-21,25-26H,22-23H2,1-3H3/t25-,26-/m1/s1. The number of anilines is 1. The fourth-order valence-electron chi connectivity index (χ4n) is 6.24. The molecule has 0 saturated carbocycles. The lowest BCUT2D eigenvalue weighted by molar-refractivity contribution is 0.0574. The summed E-state index contributed by atoms with van der Waals surface area (Å²) in [6.45, 7) is 14.9. The number of hydrogen-bond donors (Lipinski definition) is 0. The van der Waals surface area contributed by atoms with E-state index in [2.05, 4.69) is 35.7 Å². The maximum absolute atomic E-state index is 13.7. The highest BCUT2D eigenvalue weighted by atomic mass is 16.2. The Morgan fingerprint density at radius 1 is 0.810 bits per heavy atom. The molecular weight excluding hydrogens is 520 g/mol. The zero-order valence-electron chi connectivity index (χ0n) is 24.0. The van der Waals surface area contributed by atoms with Crippen LogP contribution in [0.25, 0.3) is 32.4 Å². The molecule has 2 heterocycles. The van der Waals surface area contributed by atoms with Gasteiger partial charge in [0.1, 0.15) is 0 Å². The molecule has 0 radical (unpaired) electrons. The minimum absolute atomic E-state index is 0.0543. The Morgan fingerprint density at radius 3 is 2.10 bits per heavy atom. The van der Waals surface area contributed by atoms with Crippen LogP contribution in [-0.4, -0.2) is 40.5 Å². The molecule has 6 heteroatoms. The van der Waals surface area contributed by atoms with Crippen LogP contribution in [0, 0.1) is 13.5 Å². The average Bonchev–Trinajstić information content (AvgIpc) is 3.02. The van der Waals surface area contributed by atoms with Gasteiger partial charge in [-0.15, -0.1) is 0 Å². The van der Waals surface area contributed by atoms with Crippen LogP contribution in [0.1, 0.15) is 29.8 Å². The molecular formula is C36H32N4O2. The lowest BCUT2D eigenvalue weighted by Crippen LogP contribution is -2.58. The van der Waals surface area contributed by atoms with Gasteiger partial charge in [-0.3, -0.25) is 14.2 Å². The van der Waals surface area contributed by atoms with Crippen molar-refractivity contribution >= 4 is 28.1 Å². The van der Waals surface area contributed by atoms with Crippen LogP contribution in [0.5, 0.6) is 0 Å². The summed E-state index contributed by atoms with van der Waals surface area (Å²) in [5.74, 6) is 0.0696. The van der Waals surface area contributed by atoms with Crippen LogP contribution in [0.2, 0.25) is 0 Å². The van der Waals surface area contributed by atoms with Gasteiger partial charge in [-0.05, 0) is 85.3 Å². The highest BCUT2D eigenvalue weighted by Gasteiger charge is 2.33. The van der Waals surface area contributed by atoms with Crippen LogP contribution in [0.15, 0.2) is 108 Å². The van der Waals surface area contributed by atoms with E-state index in [-0.39, 0.29) is 23.6 Å². The zero-order chi connectivity index (χ0) is 29.4. The molecule has 1 aliphatic heterocycles. The Morgan fingerprint density at radius 2 is 1.45 bits per heavy atom. The number of hydrogen-bond acceptors (Lipinski definition) is 3. The molecule has 1 fully saturated rings. The van der Waals surface area contributed by atoms with Crippen LogP contribution in [0.4, 0.5) is 11.4 Å². The molecule has 6 rings (SSSR count). The van der Waals surface area contributed by atoms with Gasteiger partial charge in [0.15, 0.2) is 5.69 Å². The first-order valence-corrected chi connectivity index (χ1v) is 14.2. The van der Waals surface area contributed by atoms with E-state index in [0.717, 1.165) is 52.1 Å². The second-order valence-electron chi connectivity index (χ2n) is 11.1. The van der Waals surface area contributed by atoms with Gasteiger partial charge in [0.2, 0.25) is 0 Å². The Labute approximate surface area is 245 Å². The van der Waals surface area contributed by atoms with Gasteiger partial charge in [-0.1, -0.05) is 54.6 Å². The van der Waals surface area contributed by atoms with Crippen molar-refractivity contribution in [1.82, 2.24) is 9.47 Å². The van der Waals surface area contributed by atoms with Gasteiger partial charge in [-0.25, -0.2) is 4.85 Å². The van der Waals surface area contributed by atoms with Gasteiger partial charge >= 0.3 is 0 Å². The molecule has 0 N–H and O–H groups in total. The summed E-state index contributed by atoms with van der Waals surface area (Å²) in [6.07, 6.45) is 1.91. The SMILES string of the molecule is [C-]#[N+]c1ccc(-c2cccc3c(=O)n(-c4ccc(N5C[C@@H](C)N(C(=O)c6ccccc6)[C@H](C)C5)cc4)cc(C)c23)cc1. The quantitative estimate of drug-likeness (QED) is 0.221. The molecule has 1 aromatic heterocycles. The van der Waals surface area contributed by atoms with Gasteiger partial charge in [0.25, 0.3) is 11.5 Å². The third-order valence-corrected chi connectivity index (χ3v) is 8.21. The van der Waals surface area contributed by atoms with Crippen LogP contribution in [-0.2, 0) is 0 Å². The van der Waals surface area contributed by atoms with E-state index >= 15 is 0 Å². The number of benzene rings is 4. The minimum atomic E-state index is -0.0711. The predicted molar refractivity (Wildman–Crippen MR) is 170 cm³/mol. The van der Waals surface area contributed by atoms with E-state index in [4.69, 9.17) is 6.57 Å². The number of carbonyl (C=O) groups excluding carboxylic acids is 1. The first kappa shape index (κ1) is 27.0. The van der Waals surface area contributed by atoms with E-state index in [9.17, 15) is 9.59 Å². The first-order valence-electron chi connectivity index (χ1n) is 14.2. The molecule has 0 aliphatic carbocycles. The third kappa shape index (κ3) is 4.84. The van der Waals surface area contributed by atoms with Crippen molar-refractivity contribution in [2.75, 3.05) is 18.0 Å². The number of amides is 1. The predicted octanol–water partition coefficient (Wildman–Crippen LogP) is 7.26. The molecule has 42 heavy (non-hydrogen) atoms. The molecule has 1 aliphatic rings. The number of aryl methyl sites for hydroxylation is 1. The van der Waals surface area contributed by atoms with Gasteiger partial charge in [-0.2, -0.15) is 0 Å². The normalized spacial score (nSPS) is 16.8. The van der Waals surface area contributed by atoms with Crippen molar-refractivity contribution in [2.24, 2.45) is 0 Å². The summed E-state index contributed by atoms with van der Waals surface area (Å²) in [7, 11) is 0. The second-order valence-corrected chi connectivity index (χ2v) is 11.1. The largest absolute Gasteiger partial charge is 0.367 e. The topological polar surface area (TPSA) is 49.9 Å². The molecule has 0 bridgehead atoms. The molecule has 1 amide bonds. The van der Waals surface area contributed by atoms with Crippen molar-refractivity contribution in [3.63, 3.8) is 0 Å². The maximum atomic E-state index is 13.7. The second kappa shape index (κ2) is 11.0. The molecule has 2 atom stereocenters. The van der Waals surface area contributed by atoms with E-state index in [1.165, 1.54) is 0 Å². The molecule has 4 aromatic carbocycles. The Bertz CT molecular complexity index is 1860. The molecule has 1 saturated heterocycles. The van der Waals surface area contributed by atoms with Crippen LogP contribution < -0.4 is 10.5 Å².